The summed E-state index contributed by atoms with van der Waals surface area (Å²) in [5.74, 6) is -0.235. The highest BCUT2D eigenvalue weighted by atomic mass is 35.5. The number of hydrogen-bond donors (Lipinski definition) is 2. The molecule has 0 bridgehead atoms. The molecule has 0 fully saturated rings. The Morgan fingerprint density at radius 3 is 2.18 bits per heavy atom. The highest BCUT2D eigenvalue weighted by molar-refractivity contribution is 8.00. The number of hydrogen-bond acceptors (Lipinski definition) is 3. The Labute approximate surface area is 209 Å². The van der Waals surface area contributed by atoms with Crippen molar-refractivity contribution in [1.82, 2.24) is 0 Å². The zero-order valence-electron chi connectivity index (χ0n) is 18.7. The van der Waals surface area contributed by atoms with Gasteiger partial charge in [-0.05, 0) is 47.4 Å². The summed E-state index contributed by atoms with van der Waals surface area (Å²) in [6.07, 6.45) is 0.436. The molecule has 0 aliphatic heterocycles. The lowest BCUT2D eigenvalue weighted by Gasteiger charge is -2.19. The van der Waals surface area contributed by atoms with E-state index in [2.05, 4.69) is 10.6 Å². The Bertz CT molecular complexity index is 1110. The molecule has 3 rings (SSSR count). The summed E-state index contributed by atoms with van der Waals surface area (Å²) in [4.78, 5) is 26.3. The van der Waals surface area contributed by atoms with E-state index in [4.69, 9.17) is 23.2 Å². The monoisotopic (exact) mass is 500 g/mol. The fourth-order valence-electron chi connectivity index (χ4n) is 3.14. The first kappa shape index (κ1) is 25.2. The second-order valence-electron chi connectivity index (χ2n) is 8.81. The third-order valence-electron chi connectivity index (χ3n) is 4.63. The Kier molecular flexibility index (Phi) is 8.46. The number of anilines is 2. The van der Waals surface area contributed by atoms with Gasteiger partial charge in [0, 0.05) is 17.0 Å². The van der Waals surface area contributed by atoms with Gasteiger partial charge in [-0.1, -0.05) is 80.4 Å². The van der Waals surface area contributed by atoms with Crippen LogP contribution in [-0.4, -0.2) is 11.8 Å². The van der Waals surface area contributed by atoms with Crippen LogP contribution in [0.15, 0.2) is 77.7 Å². The highest BCUT2D eigenvalue weighted by Gasteiger charge is 2.23. The van der Waals surface area contributed by atoms with Crippen molar-refractivity contribution in [1.29, 1.82) is 0 Å². The maximum absolute atomic E-state index is 13.2. The molecule has 2 N–H and O–H groups in total. The number of halogens is 2. The molecule has 0 saturated carbocycles. The first-order valence-electron chi connectivity index (χ1n) is 10.5. The van der Waals surface area contributed by atoms with Crippen LogP contribution in [0.3, 0.4) is 0 Å². The topological polar surface area (TPSA) is 58.2 Å². The molecule has 0 aliphatic rings. The maximum atomic E-state index is 13.2. The van der Waals surface area contributed by atoms with Crippen molar-refractivity contribution in [2.24, 2.45) is 5.41 Å². The number of carbonyl (C=O) groups excluding carboxylic acids is 2. The summed E-state index contributed by atoms with van der Waals surface area (Å²) in [7, 11) is 0. The summed E-state index contributed by atoms with van der Waals surface area (Å²) < 4.78 is 0. The second kappa shape index (κ2) is 11.1. The molecule has 0 aromatic heterocycles. The average Bonchev–Trinajstić information content (AvgIpc) is 2.75. The van der Waals surface area contributed by atoms with Crippen LogP contribution < -0.4 is 10.6 Å². The third kappa shape index (κ3) is 7.53. The number of benzene rings is 3. The summed E-state index contributed by atoms with van der Waals surface area (Å²) in [5, 5.41) is 5.99. The van der Waals surface area contributed by atoms with Gasteiger partial charge in [-0.3, -0.25) is 9.59 Å². The van der Waals surface area contributed by atoms with Crippen LogP contribution in [0.1, 0.15) is 38.0 Å². The molecule has 0 spiro atoms. The Morgan fingerprint density at radius 1 is 0.879 bits per heavy atom. The Hall–Kier alpha value is -2.47. The van der Waals surface area contributed by atoms with Crippen LogP contribution in [-0.2, 0) is 9.59 Å². The van der Waals surface area contributed by atoms with Crippen molar-refractivity contribution >= 4 is 58.2 Å². The van der Waals surface area contributed by atoms with Gasteiger partial charge in [-0.25, -0.2) is 0 Å². The minimum atomic E-state index is -0.512. The first-order valence-corrected chi connectivity index (χ1v) is 12.1. The van der Waals surface area contributed by atoms with E-state index in [9.17, 15) is 9.59 Å². The van der Waals surface area contributed by atoms with Gasteiger partial charge in [0.2, 0.25) is 11.8 Å². The fourth-order valence-corrected chi connectivity index (χ4v) is 4.51. The van der Waals surface area contributed by atoms with Gasteiger partial charge in [0.05, 0.1) is 15.7 Å². The molecule has 3 aromatic carbocycles. The molecule has 0 saturated heterocycles. The molecule has 1 unspecified atom stereocenters. The van der Waals surface area contributed by atoms with Crippen molar-refractivity contribution < 1.29 is 9.59 Å². The summed E-state index contributed by atoms with van der Waals surface area (Å²) >= 11 is 13.8. The van der Waals surface area contributed by atoms with Crippen LogP contribution in [0.2, 0.25) is 10.0 Å². The molecule has 0 aliphatic carbocycles. The van der Waals surface area contributed by atoms with E-state index < -0.39 is 5.25 Å². The lowest BCUT2D eigenvalue weighted by atomic mass is 9.92. The molecular formula is C26H26Cl2N2O2S. The zero-order valence-corrected chi connectivity index (χ0v) is 21.0. The first-order chi connectivity index (χ1) is 15.6. The van der Waals surface area contributed by atoms with Crippen LogP contribution in [0, 0.1) is 5.41 Å². The van der Waals surface area contributed by atoms with Crippen LogP contribution >= 0.6 is 35.0 Å². The molecule has 0 radical (unpaired) electrons. The molecule has 0 heterocycles. The van der Waals surface area contributed by atoms with Gasteiger partial charge in [0.1, 0.15) is 5.25 Å². The number of rotatable bonds is 7. The minimum absolute atomic E-state index is 0.0251. The lowest BCUT2D eigenvalue weighted by Crippen LogP contribution is -2.19. The van der Waals surface area contributed by atoms with Gasteiger partial charge >= 0.3 is 0 Å². The van der Waals surface area contributed by atoms with Gasteiger partial charge < -0.3 is 10.6 Å². The van der Waals surface area contributed by atoms with E-state index >= 15 is 0 Å². The predicted molar refractivity (Wildman–Crippen MR) is 139 cm³/mol. The van der Waals surface area contributed by atoms with E-state index in [-0.39, 0.29) is 17.2 Å². The lowest BCUT2D eigenvalue weighted by molar-refractivity contribution is -0.118. The number of thioether (sulfide) groups is 1. The van der Waals surface area contributed by atoms with Crippen molar-refractivity contribution in [3.8, 4) is 0 Å². The SMILES string of the molecule is CC(C)(C)CC(=O)Nc1ccc(SC(C(=O)Nc2cccc(Cl)c2Cl)c2ccccc2)cc1. The maximum Gasteiger partial charge on any atom is 0.242 e. The fraction of sp³-hybridized carbons (Fsp3) is 0.231. The molecule has 2 amide bonds. The Morgan fingerprint density at radius 2 is 1.55 bits per heavy atom. The summed E-state index contributed by atoms with van der Waals surface area (Å²) in [5.41, 5.74) is 1.97. The van der Waals surface area contributed by atoms with E-state index in [1.807, 2.05) is 75.4 Å². The van der Waals surface area contributed by atoms with Crippen LogP contribution in [0.4, 0.5) is 11.4 Å². The molecule has 172 valence electrons. The predicted octanol–water partition coefficient (Wildman–Crippen LogP) is 7.84. The number of carbonyl (C=O) groups is 2. The van der Waals surface area contributed by atoms with Gasteiger partial charge in [0.15, 0.2) is 0 Å². The van der Waals surface area contributed by atoms with Crippen molar-refractivity contribution in [2.75, 3.05) is 10.6 Å². The van der Waals surface area contributed by atoms with E-state index in [1.165, 1.54) is 11.8 Å². The highest BCUT2D eigenvalue weighted by Crippen LogP contribution is 2.38. The molecule has 1 atom stereocenters. The molecular weight excluding hydrogens is 475 g/mol. The van der Waals surface area contributed by atoms with E-state index in [0.717, 1.165) is 16.1 Å². The van der Waals surface area contributed by atoms with Crippen molar-refractivity contribution in [3.05, 3.63) is 88.4 Å². The third-order valence-corrected chi connectivity index (χ3v) is 6.72. The van der Waals surface area contributed by atoms with E-state index in [1.54, 1.807) is 18.2 Å². The van der Waals surface area contributed by atoms with Crippen molar-refractivity contribution in [2.45, 2.75) is 37.3 Å². The zero-order chi connectivity index (χ0) is 24.0. The second-order valence-corrected chi connectivity index (χ2v) is 10.8. The summed E-state index contributed by atoms with van der Waals surface area (Å²) in [6.45, 7) is 6.08. The molecule has 33 heavy (non-hydrogen) atoms. The van der Waals surface area contributed by atoms with Crippen LogP contribution in [0.5, 0.6) is 0 Å². The van der Waals surface area contributed by atoms with Gasteiger partial charge in [0.25, 0.3) is 0 Å². The van der Waals surface area contributed by atoms with Crippen LogP contribution in [0.25, 0.3) is 0 Å². The largest absolute Gasteiger partial charge is 0.326 e. The summed E-state index contributed by atoms with van der Waals surface area (Å²) in [6, 6.07) is 22.1. The van der Waals surface area contributed by atoms with Gasteiger partial charge in [-0.2, -0.15) is 0 Å². The molecule has 4 nitrogen and oxygen atoms in total. The number of amides is 2. The molecule has 7 heteroatoms. The number of nitrogens with one attached hydrogen (secondary N) is 2. The minimum Gasteiger partial charge on any atom is -0.326 e. The molecule has 3 aromatic rings. The van der Waals surface area contributed by atoms with E-state index in [0.29, 0.717) is 22.2 Å². The van der Waals surface area contributed by atoms with Gasteiger partial charge in [-0.15, -0.1) is 11.8 Å². The Balaban J connectivity index is 1.76. The quantitative estimate of drug-likeness (QED) is 0.324. The smallest absolute Gasteiger partial charge is 0.242 e. The normalized spacial score (nSPS) is 12.2. The van der Waals surface area contributed by atoms with Crippen molar-refractivity contribution in [3.63, 3.8) is 0 Å². The average molecular weight is 501 g/mol. The standard InChI is InChI=1S/C26H26Cl2N2O2S/c1-26(2,3)16-22(31)29-18-12-14-19(15-13-18)33-24(17-8-5-4-6-9-17)25(32)30-21-11-7-10-20(27)23(21)28/h4-15,24H,16H2,1-3H3,(H,29,31)(H,30,32).